The Morgan fingerprint density at radius 3 is 2.33 bits per heavy atom. The van der Waals surface area contributed by atoms with Gasteiger partial charge in [0.2, 0.25) is 0 Å². The number of hydrogen-bond acceptors (Lipinski definition) is 2. The number of ether oxygens (including phenoxy) is 1. The van der Waals surface area contributed by atoms with E-state index in [0.29, 0.717) is 13.2 Å². The molecule has 0 spiro atoms. The zero-order valence-electron chi connectivity index (χ0n) is 10.3. The lowest BCUT2D eigenvalue weighted by atomic mass is 10.2. The molecule has 0 fully saturated rings. The monoisotopic (exact) mass is 239 g/mol. The lowest BCUT2D eigenvalue weighted by Gasteiger charge is -2.03. The van der Waals surface area contributed by atoms with Gasteiger partial charge in [0.25, 0.3) is 0 Å². The second kappa shape index (κ2) is 6.62. The number of benzene rings is 2. The number of nitrogens with two attached hydrogens (primary N) is 1. The van der Waals surface area contributed by atoms with Crippen molar-refractivity contribution in [2.24, 2.45) is 5.73 Å². The normalized spacial score (nSPS) is 10.7. The maximum Gasteiger partial charge on any atom is 0.119 e. The Balaban J connectivity index is 1.83. The maximum atomic E-state index is 5.60. The minimum atomic E-state index is 0.564. The van der Waals surface area contributed by atoms with Crippen LogP contribution in [0.2, 0.25) is 0 Å². The topological polar surface area (TPSA) is 35.2 Å². The van der Waals surface area contributed by atoms with Crippen LogP contribution in [-0.4, -0.2) is 6.61 Å². The van der Waals surface area contributed by atoms with Crippen LogP contribution in [0.3, 0.4) is 0 Å². The molecule has 18 heavy (non-hydrogen) atoms. The second-order valence-electron chi connectivity index (χ2n) is 3.97. The number of hydrogen-bond donors (Lipinski definition) is 1. The Morgan fingerprint density at radius 2 is 1.67 bits per heavy atom. The van der Waals surface area contributed by atoms with Crippen molar-refractivity contribution in [2.45, 2.75) is 6.54 Å². The molecule has 0 aliphatic carbocycles. The van der Waals surface area contributed by atoms with Crippen LogP contribution < -0.4 is 10.5 Å². The van der Waals surface area contributed by atoms with E-state index in [1.807, 2.05) is 54.6 Å². The van der Waals surface area contributed by atoms with Crippen molar-refractivity contribution < 1.29 is 4.74 Å². The molecular formula is C16H17NO. The van der Waals surface area contributed by atoms with Crippen molar-refractivity contribution in [3.63, 3.8) is 0 Å². The van der Waals surface area contributed by atoms with Gasteiger partial charge < -0.3 is 10.5 Å². The van der Waals surface area contributed by atoms with Gasteiger partial charge in [0.05, 0.1) is 0 Å². The van der Waals surface area contributed by atoms with Crippen molar-refractivity contribution in [1.82, 2.24) is 0 Å². The summed E-state index contributed by atoms with van der Waals surface area (Å²) in [5.74, 6) is 0.866. The highest BCUT2D eigenvalue weighted by Gasteiger charge is 1.92. The van der Waals surface area contributed by atoms with Crippen molar-refractivity contribution in [1.29, 1.82) is 0 Å². The first-order chi connectivity index (χ1) is 8.88. The summed E-state index contributed by atoms with van der Waals surface area (Å²) in [6.07, 6.45) is 4.06. The average Bonchev–Trinajstić information content (AvgIpc) is 2.45. The predicted molar refractivity (Wildman–Crippen MR) is 75.3 cm³/mol. The highest BCUT2D eigenvalue weighted by molar-refractivity contribution is 5.48. The molecular weight excluding hydrogens is 222 g/mol. The Kier molecular flexibility index (Phi) is 4.56. The molecule has 0 aliphatic heterocycles. The van der Waals surface area contributed by atoms with Gasteiger partial charge in [-0.25, -0.2) is 0 Å². The van der Waals surface area contributed by atoms with E-state index in [1.54, 1.807) is 0 Å². The fourth-order valence-electron chi connectivity index (χ4n) is 1.61. The molecule has 0 unspecified atom stereocenters. The maximum absolute atomic E-state index is 5.60. The quantitative estimate of drug-likeness (QED) is 0.869. The number of rotatable bonds is 5. The first-order valence-electron chi connectivity index (χ1n) is 6.02. The molecule has 2 aromatic carbocycles. The minimum absolute atomic E-state index is 0.564. The van der Waals surface area contributed by atoms with Gasteiger partial charge in [-0.1, -0.05) is 48.5 Å². The average molecular weight is 239 g/mol. The lowest BCUT2D eigenvalue weighted by Crippen LogP contribution is -1.97. The van der Waals surface area contributed by atoms with Crippen molar-refractivity contribution in [2.75, 3.05) is 6.61 Å². The minimum Gasteiger partial charge on any atom is -0.490 e. The van der Waals surface area contributed by atoms with Crippen molar-refractivity contribution >= 4 is 6.08 Å². The predicted octanol–water partition coefficient (Wildman–Crippen LogP) is 3.24. The SMILES string of the molecule is NCc1ccc(OC/C=C/c2ccccc2)cc1. The highest BCUT2D eigenvalue weighted by atomic mass is 16.5. The Bertz CT molecular complexity index is 488. The zero-order chi connectivity index (χ0) is 12.6. The van der Waals surface area contributed by atoms with Gasteiger partial charge in [0.1, 0.15) is 12.4 Å². The summed E-state index contributed by atoms with van der Waals surface area (Å²) in [6.45, 7) is 1.13. The summed E-state index contributed by atoms with van der Waals surface area (Å²) < 4.78 is 5.60. The molecule has 0 heterocycles. The molecule has 2 nitrogen and oxygen atoms in total. The molecule has 0 radical (unpaired) electrons. The third-order valence-corrected chi connectivity index (χ3v) is 2.62. The first-order valence-corrected chi connectivity index (χ1v) is 6.02. The smallest absolute Gasteiger partial charge is 0.119 e. The third-order valence-electron chi connectivity index (χ3n) is 2.62. The van der Waals surface area contributed by atoms with E-state index in [2.05, 4.69) is 12.1 Å². The van der Waals surface area contributed by atoms with Crippen LogP contribution in [0.5, 0.6) is 5.75 Å². The van der Waals surface area contributed by atoms with E-state index in [0.717, 1.165) is 11.3 Å². The van der Waals surface area contributed by atoms with Gasteiger partial charge in [-0.15, -0.1) is 0 Å². The summed E-state index contributed by atoms with van der Waals surface area (Å²) >= 11 is 0. The van der Waals surface area contributed by atoms with E-state index in [1.165, 1.54) is 5.56 Å². The fraction of sp³-hybridized carbons (Fsp3) is 0.125. The Labute approximate surface area is 108 Å². The summed E-state index contributed by atoms with van der Waals surface area (Å²) in [5, 5.41) is 0. The first kappa shape index (κ1) is 12.4. The fourth-order valence-corrected chi connectivity index (χ4v) is 1.61. The van der Waals surface area contributed by atoms with Crippen molar-refractivity contribution in [3.8, 4) is 5.75 Å². The van der Waals surface area contributed by atoms with Crippen molar-refractivity contribution in [3.05, 3.63) is 71.8 Å². The van der Waals surface area contributed by atoms with Gasteiger partial charge in [0, 0.05) is 6.54 Å². The Morgan fingerprint density at radius 1 is 0.944 bits per heavy atom. The Hall–Kier alpha value is -2.06. The molecule has 2 heteroatoms. The summed E-state index contributed by atoms with van der Waals surface area (Å²) in [7, 11) is 0. The van der Waals surface area contributed by atoms with Crippen LogP contribution in [0.25, 0.3) is 6.08 Å². The van der Waals surface area contributed by atoms with E-state index in [4.69, 9.17) is 10.5 Å². The van der Waals surface area contributed by atoms with Gasteiger partial charge in [0.15, 0.2) is 0 Å². The zero-order valence-corrected chi connectivity index (χ0v) is 10.3. The molecule has 2 N–H and O–H groups in total. The van der Waals surface area contributed by atoms with Crippen LogP contribution in [0.1, 0.15) is 11.1 Å². The summed E-state index contributed by atoms with van der Waals surface area (Å²) in [5.41, 5.74) is 7.83. The van der Waals surface area contributed by atoms with Crippen LogP contribution in [0.4, 0.5) is 0 Å². The molecule has 0 saturated carbocycles. The van der Waals surface area contributed by atoms with Crippen LogP contribution in [0, 0.1) is 0 Å². The largest absolute Gasteiger partial charge is 0.490 e. The molecule has 0 aromatic heterocycles. The summed E-state index contributed by atoms with van der Waals surface area (Å²) in [6, 6.07) is 18.0. The van der Waals surface area contributed by atoms with Gasteiger partial charge >= 0.3 is 0 Å². The van der Waals surface area contributed by atoms with Gasteiger partial charge in [-0.2, -0.15) is 0 Å². The van der Waals surface area contributed by atoms with E-state index in [9.17, 15) is 0 Å². The molecule has 0 amide bonds. The molecule has 92 valence electrons. The molecule has 2 rings (SSSR count). The van der Waals surface area contributed by atoms with E-state index < -0.39 is 0 Å². The van der Waals surface area contributed by atoms with Gasteiger partial charge in [-0.3, -0.25) is 0 Å². The van der Waals surface area contributed by atoms with Crippen LogP contribution >= 0.6 is 0 Å². The lowest BCUT2D eigenvalue weighted by molar-refractivity contribution is 0.363. The second-order valence-corrected chi connectivity index (χ2v) is 3.97. The van der Waals surface area contributed by atoms with Crippen LogP contribution in [0.15, 0.2) is 60.7 Å². The summed E-state index contributed by atoms with van der Waals surface area (Å²) in [4.78, 5) is 0. The standard InChI is InChI=1S/C16H17NO/c17-13-15-8-10-16(11-9-15)18-12-4-7-14-5-2-1-3-6-14/h1-11H,12-13,17H2/b7-4+. The molecule has 0 saturated heterocycles. The molecule has 2 aromatic rings. The van der Waals surface area contributed by atoms with E-state index >= 15 is 0 Å². The third kappa shape index (κ3) is 3.75. The van der Waals surface area contributed by atoms with E-state index in [-0.39, 0.29) is 0 Å². The van der Waals surface area contributed by atoms with Crippen LogP contribution in [-0.2, 0) is 6.54 Å². The van der Waals surface area contributed by atoms with Gasteiger partial charge in [-0.05, 0) is 29.3 Å². The molecule has 0 atom stereocenters. The molecule has 0 aliphatic rings. The highest BCUT2D eigenvalue weighted by Crippen LogP contribution is 2.11. The molecule has 0 bridgehead atoms.